The van der Waals surface area contributed by atoms with E-state index in [2.05, 4.69) is 71.8 Å². The number of fused-ring (bicyclic) bond motifs is 1. The molecule has 1 heterocycles. The zero-order valence-corrected chi connectivity index (χ0v) is 22.4. The number of aromatic hydroxyl groups is 1. The van der Waals surface area contributed by atoms with Crippen LogP contribution >= 0.6 is 11.6 Å². The Morgan fingerprint density at radius 3 is 2.53 bits per heavy atom. The highest BCUT2D eigenvalue weighted by Gasteiger charge is 2.08. The van der Waals surface area contributed by atoms with E-state index in [1.807, 2.05) is 20.8 Å². The summed E-state index contributed by atoms with van der Waals surface area (Å²) in [6, 6.07) is 16.0. The molecule has 5 nitrogen and oxygen atoms in total. The van der Waals surface area contributed by atoms with Gasteiger partial charge in [0.15, 0.2) is 0 Å². The molecule has 0 atom stereocenters. The molecule has 0 saturated heterocycles. The van der Waals surface area contributed by atoms with Gasteiger partial charge in [-0.05, 0) is 92.3 Å². The number of aliphatic imine (C=N–C) groups is 1. The molecule has 6 heteroatoms. The number of hydrogen-bond donors (Lipinski definition) is 2. The number of nitrogens with zero attached hydrogens (tertiary/aromatic N) is 2. The van der Waals surface area contributed by atoms with E-state index in [1.54, 1.807) is 6.07 Å². The van der Waals surface area contributed by atoms with Gasteiger partial charge in [0.2, 0.25) is 0 Å². The lowest BCUT2D eigenvalue weighted by Crippen LogP contribution is -1.98. The molecule has 0 radical (unpaired) electrons. The molecule has 0 aliphatic carbocycles. The van der Waals surface area contributed by atoms with Crippen LogP contribution in [0.5, 0.6) is 11.5 Å². The number of aryl methyl sites for hydroxylation is 2. The Morgan fingerprint density at radius 2 is 1.83 bits per heavy atom. The Bertz CT molecular complexity index is 1390. The molecular weight excluding hydrogens is 470 g/mol. The monoisotopic (exact) mass is 503 g/mol. The number of aromatic nitrogens is 2. The summed E-state index contributed by atoms with van der Waals surface area (Å²) in [5, 5.41) is 9.91. The number of H-pyrrole nitrogens is 1. The van der Waals surface area contributed by atoms with Crippen LogP contribution in [-0.2, 0) is 6.42 Å². The van der Waals surface area contributed by atoms with Gasteiger partial charge in [-0.25, -0.2) is 4.98 Å². The number of aromatic amines is 1. The van der Waals surface area contributed by atoms with Gasteiger partial charge in [0.1, 0.15) is 17.3 Å². The van der Waals surface area contributed by atoms with Crippen molar-refractivity contribution in [2.24, 2.45) is 4.99 Å². The van der Waals surface area contributed by atoms with Crippen LogP contribution in [0.2, 0.25) is 5.02 Å². The van der Waals surface area contributed by atoms with Crippen molar-refractivity contribution < 1.29 is 9.84 Å². The van der Waals surface area contributed by atoms with E-state index in [-0.39, 0.29) is 5.75 Å². The van der Waals surface area contributed by atoms with Gasteiger partial charge in [-0.3, -0.25) is 4.99 Å². The Morgan fingerprint density at radius 1 is 1.11 bits per heavy atom. The fourth-order valence-electron chi connectivity index (χ4n) is 3.95. The van der Waals surface area contributed by atoms with Gasteiger partial charge in [-0.1, -0.05) is 44.2 Å². The lowest BCUT2D eigenvalue weighted by Gasteiger charge is -2.12. The van der Waals surface area contributed by atoms with Crippen molar-refractivity contribution in [2.75, 3.05) is 6.61 Å². The number of ether oxygens (including phenoxy) is 1. The molecule has 0 spiro atoms. The van der Waals surface area contributed by atoms with E-state index < -0.39 is 0 Å². The van der Waals surface area contributed by atoms with Gasteiger partial charge in [-0.2, -0.15) is 0 Å². The third-order valence-corrected chi connectivity index (χ3v) is 6.23. The minimum atomic E-state index is 0.147. The van der Waals surface area contributed by atoms with Crippen molar-refractivity contribution in [2.45, 2.75) is 47.5 Å². The van der Waals surface area contributed by atoms with E-state index in [4.69, 9.17) is 16.3 Å². The predicted molar refractivity (Wildman–Crippen MR) is 152 cm³/mol. The van der Waals surface area contributed by atoms with Crippen molar-refractivity contribution in [1.82, 2.24) is 9.97 Å². The summed E-state index contributed by atoms with van der Waals surface area (Å²) in [4.78, 5) is 11.8. The van der Waals surface area contributed by atoms with Crippen molar-refractivity contribution in [3.05, 3.63) is 88.8 Å². The number of benzene rings is 3. The standard InChI is InChI=1S/C19H22N2O.C11H12ClNO/c1-4-10-22-19-9-7-15(11-14(19)5-2)16-6-8-17-18(12-16)21-13(3)20-17;1-4-13-8(3)10-5-9(14)6-11(12)7(10)2/h6-9,11-12H,4-5,10H2,1-3H3,(H,20,21);4-6,14H,1H2,2-3H3. The lowest BCUT2D eigenvalue weighted by molar-refractivity contribution is 0.314. The van der Waals surface area contributed by atoms with E-state index in [0.29, 0.717) is 5.02 Å². The van der Waals surface area contributed by atoms with Gasteiger partial charge in [0.05, 0.1) is 17.6 Å². The SMILES string of the molecule is C=CN=C(C)c1cc(O)cc(Cl)c1C.CCCOc1ccc(-c2ccc3nc(C)[nH]c3c2)cc1CC. The van der Waals surface area contributed by atoms with E-state index in [1.165, 1.54) is 29.0 Å². The van der Waals surface area contributed by atoms with Crippen LogP contribution in [0.1, 0.15) is 49.7 Å². The first-order chi connectivity index (χ1) is 17.3. The maximum absolute atomic E-state index is 9.37. The van der Waals surface area contributed by atoms with Gasteiger partial charge >= 0.3 is 0 Å². The van der Waals surface area contributed by atoms with Gasteiger partial charge in [0, 0.05) is 22.5 Å². The second kappa shape index (κ2) is 12.4. The second-order valence-corrected chi connectivity index (χ2v) is 8.98. The molecule has 188 valence electrons. The molecule has 0 fully saturated rings. The maximum Gasteiger partial charge on any atom is 0.122 e. The largest absolute Gasteiger partial charge is 0.508 e. The molecule has 0 saturated carbocycles. The van der Waals surface area contributed by atoms with Gasteiger partial charge < -0.3 is 14.8 Å². The number of rotatable bonds is 7. The summed E-state index contributed by atoms with van der Waals surface area (Å²) in [6.07, 6.45) is 3.46. The van der Waals surface area contributed by atoms with Crippen molar-refractivity contribution in [3.8, 4) is 22.6 Å². The van der Waals surface area contributed by atoms with Crippen LogP contribution in [-0.4, -0.2) is 27.4 Å². The average molecular weight is 504 g/mol. The predicted octanol–water partition coefficient (Wildman–Crippen LogP) is 8.20. The molecule has 0 aliphatic heterocycles. The molecule has 0 aliphatic rings. The summed E-state index contributed by atoms with van der Waals surface area (Å²) in [7, 11) is 0. The Hall–Kier alpha value is -3.57. The normalized spacial score (nSPS) is 11.2. The number of imidazole rings is 1. The quantitative estimate of drug-likeness (QED) is 0.250. The van der Waals surface area contributed by atoms with Crippen molar-refractivity contribution in [3.63, 3.8) is 0 Å². The topological polar surface area (TPSA) is 70.5 Å². The Balaban J connectivity index is 0.000000223. The summed E-state index contributed by atoms with van der Waals surface area (Å²) in [5.41, 5.74) is 8.31. The lowest BCUT2D eigenvalue weighted by atomic mass is 10.0. The molecule has 0 amide bonds. The number of nitrogens with one attached hydrogen (secondary N) is 1. The van der Waals surface area contributed by atoms with E-state index in [9.17, 15) is 5.11 Å². The highest BCUT2D eigenvalue weighted by molar-refractivity contribution is 6.32. The zero-order chi connectivity index (χ0) is 26.2. The molecule has 2 N–H and O–H groups in total. The Kier molecular flexibility index (Phi) is 9.31. The summed E-state index contributed by atoms with van der Waals surface area (Å²) >= 11 is 5.92. The molecular formula is C30H34ClN3O2. The minimum absolute atomic E-state index is 0.147. The summed E-state index contributed by atoms with van der Waals surface area (Å²) in [6.45, 7) is 14.3. The third kappa shape index (κ3) is 6.55. The Labute approximate surface area is 218 Å². The number of halogens is 1. The third-order valence-electron chi connectivity index (χ3n) is 5.84. The number of phenols is 1. The fourth-order valence-corrected chi connectivity index (χ4v) is 4.17. The highest BCUT2D eigenvalue weighted by atomic mass is 35.5. The van der Waals surface area contributed by atoms with Crippen molar-refractivity contribution in [1.29, 1.82) is 0 Å². The van der Waals surface area contributed by atoms with E-state index >= 15 is 0 Å². The minimum Gasteiger partial charge on any atom is -0.508 e. The van der Waals surface area contributed by atoms with Crippen LogP contribution in [0.25, 0.3) is 22.2 Å². The van der Waals surface area contributed by atoms with Crippen LogP contribution < -0.4 is 4.74 Å². The van der Waals surface area contributed by atoms with Gasteiger partial charge in [-0.15, -0.1) is 0 Å². The molecule has 1 aromatic heterocycles. The average Bonchev–Trinajstić information content (AvgIpc) is 3.24. The van der Waals surface area contributed by atoms with Crippen LogP contribution in [0.3, 0.4) is 0 Å². The van der Waals surface area contributed by atoms with Crippen LogP contribution in [0, 0.1) is 13.8 Å². The molecule has 4 aromatic rings. The molecule has 36 heavy (non-hydrogen) atoms. The first-order valence-corrected chi connectivity index (χ1v) is 12.5. The second-order valence-electron chi connectivity index (χ2n) is 8.58. The summed E-state index contributed by atoms with van der Waals surface area (Å²) in [5.74, 6) is 2.10. The molecule has 3 aromatic carbocycles. The molecule has 0 unspecified atom stereocenters. The fraction of sp³-hybridized carbons (Fsp3) is 0.267. The maximum atomic E-state index is 9.37. The van der Waals surface area contributed by atoms with E-state index in [0.717, 1.165) is 58.9 Å². The summed E-state index contributed by atoms with van der Waals surface area (Å²) < 4.78 is 5.83. The van der Waals surface area contributed by atoms with Gasteiger partial charge in [0.25, 0.3) is 0 Å². The number of phenolic OH excluding ortho intramolecular Hbond substituents is 1. The highest BCUT2D eigenvalue weighted by Crippen LogP contribution is 2.29. The van der Waals surface area contributed by atoms with Crippen LogP contribution in [0.4, 0.5) is 0 Å². The number of hydrogen-bond acceptors (Lipinski definition) is 4. The molecule has 0 bridgehead atoms. The first kappa shape index (κ1) is 27.0. The molecule has 4 rings (SSSR count). The van der Waals surface area contributed by atoms with Crippen molar-refractivity contribution >= 4 is 28.3 Å². The zero-order valence-electron chi connectivity index (χ0n) is 21.7. The smallest absolute Gasteiger partial charge is 0.122 e. The van der Waals surface area contributed by atoms with Crippen LogP contribution in [0.15, 0.2) is 66.3 Å². The first-order valence-electron chi connectivity index (χ1n) is 12.1.